The standard InChI is InChI=1S/C15H19NO4/c1-9(2)14(15(19)20)16-13(18)8-11-4-6-12(7-5-11)10(3)17/h4-7,9,14H,8H2,1-3H3,(H,16,18)(H,19,20)/t14-/m1/s1. The van der Waals surface area contributed by atoms with Crippen LogP contribution in [0.3, 0.4) is 0 Å². The van der Waals surface area contributed by atoms with Crippen LogP contribution in [0.2, 0.25) is 0 Å². The normalized spacial score (nSPS) is 12.0. The average molecular weight is 277 g/mol. The predicted octanol–water partition coefficient (Wildman–Crippen LogP) is 1.66. The van der Waals surface area contributed by atoms with Crippen molar-refractivity contribution in [2.45, 2.75) is 33.2 Å². The summed E-state index contributed by atoms with van der Waals surface area (Å²) in [5.74, 6) is -1.61. The second-order valence-corrected chi connectivity index (χ2v) is 5.06. The van der Waals surface area contributed by atoms with Gasteiger partial charge in [0.15, 0.2) is 5.78 Å². The number of ketones is 1. The lowest BCUT2D eigenvalue weighted by Gasteiger charge is -2.17. The van der Waals surface area contributed by atoms with Crippen LogP contribution in [-0.2, 0) is 16.0 Å². The minimum absolute atomic E-state index is 0.0354. The smallest absolute Gasteiger partial charge is 0.326 e. The van der Waals surface area contributed by atoms with E-state index in [1.54, 1.807) is 38.1 Å². The van der Waals surface area contributed by atoms with E-state index in [1.807, 2.05) is 0 Å². The summed E-state index contributed by atoms with van der Waals surface area (Å²) >= 11 is 0. The molecule has 5 nitrogen and oxygen atoms in total. The zero-order chi connectivity index (χ0) is 15.3. The van der Waals surface area contributed by atoms with Crippen molar-refractivity contribution in [2.75, 3.05) is 0 Å². The lowest BCUT2D eigenvalue weighted by Crippen LogP contribution is -2.44. The molecule has 0 unspecified atom stereocenters. The number of rotatable bonds is 6. The fourth-order valence-electron chi connectivity index (χ4n) is 1.78. The van der Waals surface area contributed by atoms with Gasteiger partial charge in [-0.2, -0.15) is 0 Å². The maximum Gasteiger partial charge on any atom is 0.326 e. The van der Waals surface area contributed by atoms with Gasteiger partial charge in [0, 0.05) is 5.56 Å². The molecule has 0 aliphatic rings. The van der Waals surface area contributed by atoms with Crippen molar-refractivity contribution >= 4 is 17.7 Å². The molecule has 0 bridgehead atoms. The van der Waals surface area contributed by atoms with Crippen LogP contribution in [0.5, 0.6) is 0 Å². The number of aliphatic carboxylic acids is 1. The van der Waals surface area contributed by atoms with Gasteiger partial charge in [-0.05, 0) is 18.4 Å². The maximum absolute atomic E-state index is 11.8. The molecule has 0 spiro atoms. The van der Waals surface area contributed by atoms with Gasteiger partial charge in [-0.25, -0.2) is 4.79 Å². The third kappa shape index (κ3) is 4.50. The molecule has 0 saturated heterocycles. The molecule has 0 aliphatic carbocycles. The molecule has 0 radical (unpaired) electrons. The van der Waals surface area contributed by atoms with Crippen molar-refractivity contribution < 1.29 is 19.5 Å². The fraction of sp³-hybridized carbons (Fsp3) is 0.400. The minimum Gasteiger partial charge on any atom is -0.480 e. The Bertz CT molecular complexity index is 505. The highest BCUT2D eigenvalue weighted by molar-refractivity contribution is 5.94. The van der Waals surface area contributed by atoms with Crippen molar-refractivity contribution in [3.8, 4) is 0 Å². The average Bonchev–Trinajstić information content (AvgIpc) is 2.35. The van der Waals surface area contributed by atoms with Crippen LogP contribution in [-0.4, -0.2) is 28.8 Å². The third-order valence-electron chi connectivity index (χ3n) is 2.97. The van der Waals surface area contributed by atoms with E-state index in [-0.39, 0.29) is 24.0 Å². The Kier molecular flexibility index (Phi) is 5.43. The molecule has 1 aromatic rings. The van der Waals surface area contributed by atoms with Crippen molar-refractivity contribution in [2.24, 2.45) is 5.92 Å². The van der Waals surface area contributed by atoms with E-state index in [1.165, 1.54) is 6.92 Å². The second-order valence-electron chi connectivity index (χ2n) is 5.06. The summed E-state index contributed by atoms with van der Waals surface area (Å²) in [4.78, 5) is 33.9. The molecule has 0 fully saturated rings. The molecule has 20 heavy (non-hydrogen) atoms. The Labute approximate surface area is 118 Å². The maximum atomic E-state index is 11.8. The number of carbonyl (C=O) groups excluding carboxylic acids is 2. The molecule has 1 amide bonds. The van der Waals surface area contributed by atoms with Crippen molar-refractivity contribution in [3.05, 3.63) is 35.4 Å². The highest BCUT2D eigenvalue weighted by atomic mass is 16.4. The second kappa shape index (κ2) is 6.84. The van der Waals surface area contributed by atoms with Gasteiger partial charge in [-0.1, -0.05) is 38.1 Å². The first-order chi connectivity index (χ1) is 9.31. The third-order valence-corrected chi connectivity index (χ3v) is 2.97. The number of benzene rings is 1. The highest BCUT2D eigenvalue weighted by Gasteiger charge is 2.23. The summed E-state index contributed by atoms with van der Waals surface area (Å²) in [6, 6.07) is 5.81. The quantitative estimate of drug-likeness (QED) is 0.774. The first kappa shape index (κ1) is 15.9. The Hall–Kier alpha value is -2.17. The number of carboxylic acids is 1. The monoisotopic (exact) mass is 277 g/mol. The Morgan fingerprint density at radius 1 is 1.15 bits per heavy atom. The molecule has 0 saturated carbocycles. The molecule has 2 N–H and O–H groups in total. The van der Waals surface area contributed by atoms with Gasteiger partial charge in [-0.3, -0.25) is 9.59 Å². The summed E-state index contributed by atoms with van der Waals surface area (Å²) in [5, 5.41) is 11.5. The molecular formula is C15H19NO4. The summed E-state index contributed by atoms with van der Waals surface area (Å²) in [5.41, 5.74) is 1.32. The lowest BCUT2D eigenvalue weighted by atomic mass is 10.0. The fourth-order valence-corrected chi connectivity index (χ4v) is 1.78. The SMILES string of the molecule is CC(=O)c1ccc(CC(=O)N[C@@H](C(=O)O)C(C)C)cc1. The van der Waals surface area contributed by atoms with Crippen LogP contribution in [0.15, 0.2) is 24.3 Å². The largest absolute Gasteiger partial charge is 0.480 e. The summed E-state index contributed by atoms with van der Waals surface area (Å²) in [7, 11) is 0. The molecular weight excluding hydrogens is 258 g/mol. The summed E-state index contributed by atoms with van der Waals surface area (Å²) in [6.45, 7) is 4.95. The van der Waals surface area contributed by atoms with Gasteiger partial charge in [0.1, 0.15) is 6.04 Å². The van der Waals surface area contributed by atoms with Crippen LogP contribution in [0, 0.1) is 5.92 Å². The number of carbonyl (C=O) groups is 3. The van der Waals surface area contributed by atoms with Crippen molar-refractivity contribution in [1.82, 2.24) is 5.32 Å². The highest BCUT2D eigenvalue weighted by Crippen LogP contribution is 2.07. The zero-order valence-electron chi connectivity index (χ0n) is 11.8. The first-order valence-corrected chi connectivity index (χ1v) is 6.43. The number of amides is 1. The van der Waals surface area contributed by atoms with E-state index in [9.17, 15) is 14.4 Å². The Balaban J connectivity index is 2.66. The van der Waals surface area contributed by atoms with E-state index in [4.69, 9.17) is 5.11 Å². The molecule has 0 heterocycles. The molecule has 5 heteroatoms. The number of nitrogens with one attached hydrogen (secondary N) is 1. The topological polar surface area (TPSA) is 83.5 Å². The molecule has 0 aromatic heterocycles. The Morgan fingerprint density at radius 3 is 2.10 bits per heavy atom. The van der Waals surface area contributed by atoms with E-state index in [2.05, 4.69) is 5.32 Å². The van der Waals surface area contributed by atoms with Gasteiger partial charge in [-0.15, -0.1) is 0 Å². The van der Waals surface area contributed by atoms with E-state index in [0.29, 0.717) is 5.56 Å². The predicted molar refractivity (Wildman–Crippen MR) is 74.6 cm³/mol. The van der Waals surface area contributed by atoms with Crippen LogP contribution >= 0.6 is 0 Å². The molecule has 1 rings (SSSR count). The summed E-state index contributed by atoms with van der Waals surface area (Å²) < 4.78 is 0. The van der Waals surface area contributed by atoms with Crippen molar-refractivity contribution in [1.29, 1.82) is 0 Å². The Morgan fingerprint density at radius 2 is 1.70 bits per heavy atom. The number of hydrogen-bond donors (Lipinski definition) is 2. The molecule has 1 aromatic carbocycles. The number of carboxylic acid groups (broad SMARTS) is 1. The van der Waals surface area contributed by atoms with Gasteiger partial charge in [0.25, 0.3) is 0 Å². The van der Waals surface area contributed by atoms with E-state index < -0.39 is 12.0 Å². The lowest BCUT2D eigenvalue weighted by molar-refractivity contribution is -0.143. The van der Waals surface area contributed by atoms with Crippen molar-refractivity contribution in [3.63, 3.8) is 0 Å². The van der Waals surface area contributed by atoms with Gasteiger partial charge < -0.3 is 10.4 Å². The molecule has 1 atom stereocenters. The van der Waals surface area contributed by atoms with Crippen LogP contribution in [0.4, 0.5) is 0 Å². The molecule has 0 aliphatic heterocycles. The number of Topliss-reactive ketones (excluding diaryl/α,β-unsaturated/α-hetero) is 1. The summed E-state index contributed by atoms with van der Waals surface area (Å²) in [6.07, 6.45) is 0.0919. The minimum atomic E-state index is -1.04. The van der Waals surface area contributed by atoms with E-state index in [0.717, 1.165) is 5.56 Å². The molecule has 108 valence electrons. The van der Waals surface area contributed by atoms with Gasteiger partial charge in [0.05, 0.1) is 6.42 Å². The van der Waals surface area contributed by atoms with Crippen LogP contribution in [0.1, 0.15) is 36.7 Å². The van der Waals surface area contributed by atoms with Crippen LogP contribution in [0.25, 0.3) is 0 Å². The van der Waals surface area contributed by atoms with Gasteiger partial charge in [0.2, 0.25) is 5.91 Å². The number of hydrogen-bond acceptors (Lipinski definition) is 3. The zero-order valence-corrected chi connectivity index (χ0v) is 11.8. The van der Waals surface area contributed by atoms with Gasteiger partial charge >= 0.3 is 5.97 Å². The first-order valence-electron chi connectivity index (χ1n) is 6.43. The van der Waals surface area contributed by atoms with E-state index >= 15 is 0 Å². The van der Waals surface area contributed by atoms with Crippen LogP contribution < -0.4 is 5.32 Å².